The van der Waals surface area contributed by atoms with Gasteiger partial charge in [-0.05, 0) is 46.2 Å². The van der Waals surface area contributed by atoms with E-state index in [4.69, 9.17) is 23.9 Å². The van der Waals surface area contributed by atoms with Crippen molar-refractivity contribution in [1.82, 2.24) is 19.5 Å². The van der Waals surface area contributed by atoms with Gasteiger partial charge in [0.25, 0.3) is 0 Å². The summed E-state index contributed by atoms with van der Waals surface area (Å²) in [6.07, 6.45) is -1.10. The molecule has 0 bridgehead atoms. The molecule has 36 heavy (non-hydrogen) atoms. The number of nitrogens with two attached hydrogens (primary N) is 1. The Morgan fingerprint density at radius 3 is 2.67 bits per heavy atom. The van der Waals surface area contributed by atoms with Crippen molar-refractivity contribution in [3.63, 3.8) is 0 Å². The summed E-state index contributed by atoms with van der Waals surface area (Å²) < 4.78 is 41.1. The second-order valence-corrected chi connectivity index (χ2v) is 17.6. The third-order valence-electron chi connectivity index (χ3n) is 6.95. The Bertz CT molecular complexity index is 1320. The fourth-order valence-electron chi connectivity index (χ4n) is 4.04. The average Bonchev–Trinajstić information content (AvgIpc) is 3.30. The highest BCUT2D eigenvalue weighted by Crippen LogP contribution is 2.57. The Morgan fingerprint density at radius 1 is 1.25 bits per heavy atom. The van der Waals surface area contributed by atoms with Crippen LogP contribution in [0.15, 0.2) is 41.4 Å². The molecular formula is C22H30BrN6O5PSi. The smallest absolute Gasteiger partial charge is 0.407 e. The molecule has 5 atom stereocenters. The second kappa shape index (κ2) is 9.16. The third kappa shape index (κ3) is 4.62. The first kappa shape index (κ1) is 25.8. The van der Waals surface area contributed by atoms with E-state index in [1.54, 1.807) is 16.7 Å². The highest BCUT2D eigenvalue weighted by Gasteiger charge is 2.57. The molecule has 2 fully saturated rings. The summed E-state index contributed by atoms with van der Waals surface area (Å²) in [6, 6.07) is 9.16. The lowest BCUT2D eigenvalue weighted by Crippen LogP contribution is -2.50. The third-order valence-corrected chi connectivity index (χ3v) is 13.5. The Labute approximate surface area is 218 Å². The minimum Gasteiger partial charge on any atom is -0.407 e. The van der Waals surface area contributed by atoms with Gasteiger partial charge in [0.05, 0.1) is 6.61 Å². The number of para-hydroxylation sites is 1. The first-order valence-corrected chi connectivity index (χ1v) is 16.9. The molecule has 3 N–H and O–H groups in total. The number of anilines is 2. The molecule has 2 aliphatic heterocycles. The predicted molar refractivity (Wildman–Crippen MR) is 142 cm³/mol. The van der Waals surface area contributed by atoms with Crippen LogP contribution in [-0.2, 0) is 22.8 Å². The van der Waals surface area contributed by atoms with Crippen LogP contribution in [0.2, 0.25) is 18.1 Å². The van der Waals surface area contributed by atoms with Crippen molar-refractivity contribution in [2.24, 2.45) is 0 Å². The van der Waals surface area contributed by atoms with Crippen LogP contribution in [0.1, 0.15) is 27.0 Å². The van der Waals surface area contributed by atoms with Crippen molar-refractivity contribution in [3.05, 3.63) is 41.4 Å². The van der Waals surface area contributed by atoms with Gasteiger partial charge >= 0.3 is 7.75 Å². The van der Waals surface area contributed by atoms with Crippen molar-refractivity contribution in [3.8, 4) is 0 Å². The fraction of sp³-hybridized carbons (Fsp3) is 0.500. The Morgan fingerprint density at radius 2 is 1.97 bits per heavy atom. The zero-order valence-corrected chi connectivity index (χ0v) is 24.2. The van der Waals surface area contributed by atoms with E-state index in [9.17, 15) is 4.57 Å². The number of imidazole rings is 1. The lowest BCUT2D eigenvalue weighted by atomic mass is 10.1. The van der Waals surface area contributed by atoms with Crippen LogP contribution < -0.4 is 10.8 Å². The maximum Gasteiger partial charge on any atom is 0.433 e. The number of hydrogen-bond donors (Lipinski definition) is 2. The van der Waals surface area contributed by atoms with Gasteiger partial charge in [-0.1, -0.05) is 39.0 Å². The Kier molecular flexibility index (Phi) is 6.55. The molecule has 0 radical (unpaired) electrons. The van der Waals surface area contributed by atoms with E-state index in [1.807, 2.05) is 18.2 Å². The maximum absolute atomic E-state index is 13.6. The molecule has 2 aromatic heterocycles. The molecule has 2 saturated heterocycles. The van der Waals surface area contributed by atoms with Gasteiger partial charge in [0.1, 0.15) is 24.6 Å². The molecule has 2 unspecified atom stereocenters. The Hall–Kier alpha value is -1.86. The van der Waals surface area contributed by atoms with Gasteiger partial charge < -0.3 is 14.9 Å². The zero-order valence-electron chi connectivity index (χ0n) is 20.7. The summed E-state index contributed by atoms with van der Waals surface area (Å²) in [5, 5.41) is 2.84. The fourth-order valence-corrected chi connectivity index (χ4v) is 7.43. The number of benzene rings is 1. The SMILES string of the molecule is CC(C)(C)[Si](C)(C)O[C@H]1C2O[P@](=O)(Nc3ccccc3)OCC2O[C@H]1n1c(Br)nc2c(N)ncnc21. The highest BCUT2D eigenvalue weighted by atomic mass is 79.9. The number of aromatic nitrogens is 4. The number of ether oxygens (including phenoxy) is 1. The molecule has 2 aliphatic rings. The molecule has 4 heterocycles. The average molecular weight is 597 g/mol. The number of rotatable bonds is 5. The van der Waals surface area contributed by atoms with E-state index in [-0.39, 0.29) is 17.5 Å². The maximum atomic E-state index is 13.6. The minimum absolute atomic E-state index is 0.0665. The summed E-state index contributed by atoms with van der Waals surface area (Å²) in [6.45, 7) is 10.8. The number of fused-ring (bicyclic) bond motifs is 2. The van der Waals surface area contributed by atoms with Gasteiger partial charge in [-0.15, -0.1) is 0 Å². The summed E-state index contributed by atoms with van der Waals surface area (Å²) in [4.78, 5) is 13.0. The van der Waals surface area contributed by atoms with E-state index < -0.39 is 40.6 Å². The number of nitrogen functional groups attached to an aromatic ring is 1. The Balaban J connectivity index is 1.54. The number of hydrogen-bond acceptors (Lipinski definition) is 9. The summed E-state index contributed by atoms with van der Waals surface area (Å²) in [7, 11) is -6.03. The molecule has 0 aliphatic carbocycles. The molecule has 11 nitrogen and oxygen atoms in total. The second-order valence-electron chi connectivity index (χ2n) is 10.4. The quantitative estimate of drug-likeness (QED) is 0.233. The first-order chi connectivity index (χ1) is 16.9. The van der Waals surface area contributed by atoms with Gasteiger partial charge in [0.15, 0.2) is 36.3 Å². The summed E-state index contributed by atoms with van der Waals surface area (Å²) >= 11 is 3.53. The van der Waals surface area contributed by atoms with E-state index >= 15 is 0 Å². The van der Waals surface area contributed by atoms with Crippen LogP contribution in [0, 0.1) is 0 Å². The summed E-state index contributed by atoms with van der Waals surface area (Å²) in [5.74, 6) is 0.257. The highest BCUT2D eigenvalue weighted by molar-refractivity contribution is 9.10. The molecule has 14 heteroatoms. The van der Waals surface area contributed by atoms with Crippen molar-refractivity contribution in [1.29, 1.82) is 0 Å². The van der Waals surface area contributed by atoms with Crippen LogP contribution in [-0.4, -0.2) is 52.8 Å². The van der Waals surface area contributed by atoms with Crippen LogP contribution in [0.5, 0.6) is 0 Å². The molecule has 194 valence electrons. The standard InChI is InChI=1S/C22H30BrN6O5PSi/c1-22(2,3)36(4,5)34-17-16-14(11-31-35(30,33-16)28-13-9-7-6-8-10-13)32-20(17)29-19-15(27-21(29)23)18(24)25-12-26-19/h6-10,12,14,16-17,20H,11H2,1-5H3,(H,28,30)(H2,24,25,26)/t14?,16?,17-,20+,35-/m0/s1. The summed E-state index contributed by atoms with van der Waals surface area (Å²) in [5.41, 5.74) is 7.63. The number of nitrogens with zero attached hydrogens (tertiary/aromatic N) is 4. The molecule has 1 aromatic carbocycles. The van der Waals surface area contributed by atoms with Gasteiger partial charge in [0.2, 0.25) is 0 Å². The van der Waals surface area contributed by atoms with Gasteiger partial charge in [-0.25, -0.2) is 19.5 Å². The van der Waals surface area contributed by atoms with Crippen LogP contribution in [0.3, 0.4) is 0 Å². The largest absolute Gasteiger partial charge is 0.433 e. The van der Waals surface area contributed by atoms with E-state index in [0.717, 1.165) is 0 Å². The van der Waals surface area contributed by atoms with Crippen LogP contribution in [0.4, 0.5) is 11.5 Å². The van der Waals surface area contributed by atoms with Gasteiger partial charge in [0, 0.05) is 5.69 Å². The normalized spacial score (nSPS) is 28.8. The van der Waals surface area contributed by atoms with Gasteiger partial charge in [-0.2, -0.15) is 0 Å². The predicted octanol–water partition coefficient (Wildman–Crippen LogP) is 5.09. The van der Waals surface area contributed by atoms with Crippen molar-refractivity contribution < 1.29 is 22.8 Å². The zero-order chi connectivity index (χ0) is 25.9. The van der Waals surface area contributed by atoms with E-state index in [0.29, 0.717) is 21.6 Å². The lowest BCUT2D eigenvalue weighted by Gasteiger charge is -2.41. The molecule has 3 aromatic rings. The number of halogens is 1. The van der Waals surface area contributed by atoms with Crippen molar-refractivity contribution in [2.75, 3.05) is 17.4 Å². The first-order valence-electron chi connectivity index (χ1n) is 11.6. The van der Waals surface area contributed by atoms with E-state index in [2.05, 4.69) is 69.8 Å². The van der Waals surface area contributed by atoms with E-state index in [1.165, 1.54) is 6.33 Å². The van der Waals surface area contributed by atoms with Crippen LogP contribution in [0.25, 0.3) is 11.2 Å². The molecule has 0 amide bonds. The van der Waals surface area contributed by atoms with Crippen molar-refractivity contribution >= 4 is 54.7 Å². The van der Waals surface area contributed by atoms with Crippen LogP contribution >= 0.6 is 23.7 Å². The number of nitrogens with one attached hydrogen (secondary N) is 1. The minimum atomic E-state index is -3.70. The topological polar surface area (TPSA) is 136 Å². The molecule has 0 spiro atoms. The molecular weight excluding hydrogens is 567 g/mol. The lowest BCUT2D eigenvalue weighted by molar-refractivity contribution is -0.0582. The molecule has 0 saturated carbocycles. The molecule has 5 rings (SSSR count). The van der Waals surface area contributed by atoms with Gasteiger partial charge in [-0.3, -0.25) is 18.7 Å². The van der Waals surface area contributed by atoms with Crippen molar-refractivity contribution in [2.45, 2.75) is 63.4 Å². The monoisotopic (exact) mass is 596 g/mol.